The van der Waals surface area contributed by atoms with Crippen molar-refractivity contribution < 1.29 is 4.79 Å². The Bertz CT molecular complexity index is 428. The first-order valence-corrected chi connectivity index (χ1v) is 4.84. The van der Waals surface area contributed by atoms with E-state index in [2.05, 4.69) is 0 Å². The monoisotopic (exact) mass is 203 g/mol. The van der Waals surface area contributed by atoms with Gasteiger partial charge in [0.2, 0.25) is 5.91 Å². The Kier molecular flexibility index (Phi) is 2.19. The lowest BCUT2D eigenvalue weighted by molar-refractivity contribution is -0.121. The van der Waals surface area contributed by atoms with Gasteiger partial charge in [-0.2, -0.15) is 0 Å². The molecule has 0 aliphatic carbocycles. The Morgan fingerprint density at radius 2 is 2.20 bits per heavy atom. The summed E-state index contributed by atoms with van der Waals surface area (Å²) in [5, 5.41) is 7.93. The van der Waals surface area contributed by atoms with Gasteiger partial charge in [0.25, 0.3) is 0 Å². The van der Waals surface area contributed by atoms with Gasteiger partial charge in [0, 0.05) is 12.1 Å². The number of nitrogens with zero attached hydrogens (tertiary/aromatic N) is 1. The van der Waals surface area contributed by atoms with Crippen LogP contribution in [0, 0.1) is 5.41 Å². The van der Waals surface area contributed by atoms with E-state index < -0.39 is 11.9 Å². The Balaban J connectivity index is 2.31. The van der Waals surface area contributed by atoms with Gasteiger partial charge in [-0.3, -0.25) is 10.2 Å². The maximum atomic E-state index is 11.1. The first-order chi connectivity index (χ1) is 7.11. The number of amidine groups is 1. The van der Waals surface area contributed by atoms with E-state index in [0.29, 0.717) is 12.4 Å². The minimum atomic E-state index is -0.426. The number of fused-ring (bicyclic) bond motifs is 1. The van der Waals surface area contributed by atoms with Crippen molar-refractivity contribution in [3.63, 3.8) is 0 Å². The van der Waals surface area contributed by atoms with Gasteiger partial charge < -0.3 is 10.6 Å². The second-order valence-electron chi connectivity index (χ2n) is 3.71. The highest BCUT2D eigenvalue weighted by atomic mass is 16.1. The Labute approximate surface area is 88.2 Å². The predicted octanol–water partition coefficient (Wildman–Crippen LogP) is 0.701. The number of carbonyl (C=O) groups is 1. The molecule has 0 radical (unpaired) electrons. The van der Waals surface area contributed by atoms with E-state index >= 15 is 0 Å². The Morgan fingerprint density at radius 3 is 2.80 bits per heavy atom. The molecule has 1 heterocycles. The van der Waals surface area contributed by atoms with Crippen LogP contribution in [-0.4, -0.2) is 22.7 Å². The summed E-state index contributed by atoms with van der Waals surface area (Å²) in [7, 11) is 0. The van der Waals surface area contributed by atoms with Crippen molar-refractivity contribution >= 4 is 11.7 Å². The number of carbonyl (C=O) groups excluding carboxylic acids is 1. The third kappa shape index (κ3) is 1.48. The molecule has 1 aromatic carbocycles. The van der Waals surface area contributed by atoms with Gasteiger partial charge in [0.15, 0.2) is 0 Å². The molecule has 15 heavy (non-hydrogen) atoms. The lowest BCUT2D eigenvalue weighted by Crippen LogP contribution is -2.42. The lowest BCUT2D eigenvalue weighted by Gasteiger charge is -2.23. The van der Waals surface area contributed by atoms with Crippen LogP contribution in [0.5, 0.6) is 0 Å². The van der Waals surface area contributed by atoms with Gasteiger partial charge in [-0.15, -0.1) is 0 Å². The number of hydrogen-bond donors (Lipinski definition) is 2. The maximum Gasteiger partial charge on any atom is 0.239 e. The molecule has 1 aliphatic rings. The molecule has 0 fully saturated rings. The van der Waals surface area contributed by atoms with Crippen LogP contribution >= 0.6 is 0 Å². The number of nitrogens with one attached hydrogen (secondary N) is 1. The van der Waals surface area contributed by atoms with Crippen LogP contribution in [0.25, 0.3) is 0 Å². The molecule has 0 aromatic heterocycles. The predicted molar refractivity (Wildman–Crippen MR) is 57.5 cm³/mol. The average molecular weight is 203 g/mol. The van der Waals surface area contributed by atoms with Crippen LogP contribution in [-0.2, 0) is 11.3 Å². The normalized spacial score (nSPS) is 16.3. The van der Waals surface area contributed by atoms with E-state index in [1.807, 2.05) is 24.3 Å². The van der Waals surface area contributed by atoms with E-state index in [1.54, 1.807) is 11.8 Å². The quantitative estimate of drug-likeness (QED) is 0.742. The van der Waals surface area contributed by atoms with Crippen LogP contribution in [0.15, 0.2) is 24.3 Å². The van der Waals surface area contributed by atoms with E-state index in [0.717, 1.165) is 11.1 Å². The van der Waals surface area contributed by atoms with Crippen LogP contribution in [0.2, 0.25) is 0 Å². The summed E-state index contributed by atoms with van der Waals surface area (Å²) < 4.78 is 0. The topological polar surface area (TPSA) is 70.2 Å². The molecule has 0 saturated heterocycles. The molecule has 4 nitrogen and oxygen atoms in total. The second-order valence-corrected chi connectivity index (χ2v) is 3.71. The van der Waals surface area contributed by atoms with Gasteiger partial charge in [-0.05, 0) is 12.5 Å². The van der Waals surface area contributed by atoms with Crippen molar-refractivity contribution in [2.45, 2.75) is 19.5 Å². The number of nitrogens with two attached hydrogens (primary N) is 1. The standard InChI is InChI=1S/C11H13N3O/c1-7(11(13)15)14-6-8-4-2-3-5-9(8)10(14)12/h2-5,7,12H,6H2,1H3,(H2,13,15). The van der Waals surface area contributed by atoms with Crippen molar-refractivity contribution in [3.8, 4) is 0 Å². The zero-order valence-electron chi connectivity index (χ0n) is 8.53. The molecule has 2 rings (SSSR count). The highest BCUT2D eigenvalue weighted by Crippen LogP contribution is 2.23. The number of amides is 1. The molecular weight excluding hydrogens is 190 g/mol. The van der Waals surface area contributed by atoms with Gasteiger partial charge in [0.05, 0.1) is 0 Å². The number of rotatable bonds is 2. The first kappa shape index (κ1) is 9.71. The van der Waals surface area contributed by atoms with Crippen molar-refractivity contribution in [1.82, 2.24) is 4.90 Å². The minimum Gasteiger partial charge on any atom is -0.368 e. The van der Waals surface area contributed by atoms with Crippen molar-refractivity contribution in [2.75, 3.05) is 0 Å². The van der Waals surface area contributed by atoms with Crippen LogP contribution in [0.3, 0.4) is 0 Å². The van der Waals surface area contributed by atoms with E-state index in [-0.39, 0.29) is 0 Å². The Morgan fingerprint density at radius 1 is 1.53 bits per heavy atom. The Hall–Kier alpha value is -1.84. The summed E-state index contributed by atoms with van der Waals surface area (Å²) in [6, 6.07) is 7.27. The zero-order chi connectivity index (χ0) is 11.0. The molecule has 4 heteroatoms. The molecule has 1 unspecified atom stereocenters. The third-order valence-corrected chi connectivity index (χ3v) is 2.78. The van der Waals surface area contributed by atoms with Gasteiger partial charge in [-0.1, -0.05) is 24.3 Å². The molecule has 0 spiro atoms. The molecular formula is C11H13N3O. The van der Waals surface area contributed by atoms with Crippen molar-refractivity contribution in [3.05, 3.63) is 35.4 Å². The van der Waals surface area contributed by atoms with Gasteiger partial charge >= 0.3 is 0 Å². The number of primary amides is 1. The molecule has 0 saturated carbocycles. The highest BCUT2D eigenvalue weighted by Gasteiger charge is 2.29. The zero-order valence-corrected chi connectivity index (χ0v) is 8.53. The number of benzene rings is 1. The fourth-order valence-electron chi connectivity index (χ4n) is 1.79. The van der Waals surface area contributed by atoms with Gasteiger partial charge in [0.1, 0.15) is 11.9 Å². The SMILES string of the molecule is CC(C(N)=O)N1Cc2ccccc2C1=N. The first-order valence-electron chi connectivity index (χ1n) is 4.84. The molecule has 1 atom stereocenters. The summed E-state index contributed by atoms with van der Waals surface area (Å²) >= 11 is 0. The summed E-state index contributed by atoms with van der Waals surface area (Å²) in [4.78, 5) is 12.8. The highest BCUT2D eigenvalue weighted by molar-refractivity contribution is 6.02. The van der Waals surface area contributed by atoms with Crippen LogP contribution < -0.4 is 5.73 Å². The average Bonchev–Trinajstić information content (AvgIpc) is 2.56. The van der Waals surface area contributed by atoms with Gasteiger partial charge in [-0.25, -0.2) is 0 Å². The van der Waals surface area contributed by atoms with Crippen LogP contribution in [0.4, 0.5) is 0 Å². The van der Waals surface area contributed by atoms with E-state index in [1.165, 1.54) is 0 Å². The van der Waals surface area contributed by atoms with E-state index in [4.69, 9.17) is 11.1 Å². The van der Waals surface area contributed by atoms with Crippen molar-refractivity contribution in [1.29, 1.82) is 5.41 Å². The lowest BCUT2D eigenvalue weighted by atomic mass is 10.1. The largest absolute Gasteiger partial charge is 0.368 e. The third-order valence-electron chi connectivity index (χ3n) is 2.78. The summed E-state index contributed by atoms with van der Waals surface area (Å²) in [5.41, 5.74) is 7.21. The van der Waals surface area contributed by atoms with Crippen LogP contribution in [0.1, 0.15) is 18.1 Å². The number of hydrogen-bond acceptors (Lipinski definition) is 2. The minimum absolute atomic E-state index is 0.386. The summed E-state index contributed by atoms with van der Waals surface area (Å²) in [6.07, 6.45) is 0. The van der Waals surface area contributed by atoms with Crippen molar-refractivity contribution in [2.24, 2.45) is 5.73 Å². The molecule has 3 N–H and O–H groups in total. The molecule has 78 valence electrons. The smallest absolute Gasteiger partial charge is 0.239 e. The molecule has 0 bridgehead atoms. The van der Waals surface area contributed by atoms with E-state index in [9.17, 15) is 4.79 Å². The molecule has 1 aromatic rings. The molecule has 1 aliphatic heterocycles. The fraction of sp³-hybridized carbons (Fsp3) is 0.273. The molecule has 1 amide bonds. The summed E-state index contributed by atoms with van der Waals surface area (Å²) in [5.74, 6) is -0.00976. The fourth-order valence-corrected chi connectivity index (χ4v) is 1.79. The summed E-state index contributed by atoms with van der Waals surface area (Å²) in [6.45, 7) is 2.32. The second kappa shape index (κ2) is 3.38. The maximum absolute atomic E-state index is 11.1.